The number of hydrogen-bond acceptors (Lipinski definition) is 2. The third-order valence-electron chi connectivity index (χ3n) is 3.91. The monoisotopic (exact) mass is 404 g/mol. The minimum absolute atomic E-state index is 0.351. The molecule has 5 heteroatoms. The maximum Gasteiger partial charge on any atom is 0.169 e. The van der Waals surface area contributed by atoms with Crippen molar-refractivity contribution in [2.24, 2.45) is 0 Å². The van der Waals surface area contributed by atoms with Crippen LogP contribution < -0.4 is 9.47 Å². The number of halogens is 3. The molecule has 0 aliphatic rings. The van der Waals surface area contributed by atoms with Crippen molar-refractivity contribution in [1.82, 2.24) is 0 Å². The highest BCUT2D eigenvalue weighted by atomic mass is 79.9. The standard InChI is InChI=1S/C20H15BrF2O2/c1-24-19-15(13-5-3-4-6-17(13)22)9-10-16(20(19)25-2)14-8-7-12(21)11-18(14)23/h3-11H,1-2H3. The van der Waals surface area contributed by atoms with Crippen LogP contribution in [-0.4, -0.2) is 14.2 Å². The molecule has 0 bridgehead atoms. The molecule has 0 unspecified atom stereocenters. The molecule has 3 aromatic rings. The summed E-state index contributed by atoms with van der Waals surface area (Å²) in [5.41, 5.74) is 1.84. The zero-order valence-corrected chi connectivity index (χ0v) is 15.2. The van der Waals surface area contributed by atoms with Crippen LogP contribution in [0, 0.1) is 11.6 Å². The average molecular weight is 405 g/mol. The molecule has 2 nitrogen and oxygen atoms in total. The molecule has 0 N–H and O–H groups in total. The Hall–Kier alpha value is -2.40. The molecule has 0 aliphatic heterocycles. The summed E-state index contributed by atoms with van der Waals surface area (Å²) in [5.74, 6) is -0.0595. The summed E-state index contributed by atoms with van der Waals surface area (Å²) >= 11 is 3.25. The van der Waals surface area contributed by atoms with E-state index in [1.54, 1.807) is 42.5 Å². The Bertz CT molecular complexity index is 926. The Morgan fingerprint density at radius 1 is 0.680 bits per heavy atom. The van der Waals surface area contributed by atoms with Gasteiger partial charge >= 0.3 is 0 Å². The Morgan fingerprint density at radius 3 is 1.72 bits per heavy atom. The number of rotatable bonds is 4. The van der Waals surface area contributed by atoms with Crippen LogP contribution in [0.5, 0.6) is 11.5 Å². The van der Waals surface area contributed by atoms with Crippen molar-refractivity contribution in [2.45, 2.75) is 0 Å². The molecule has 0 saturated carbocycles. The summed E-state index contributed by atoms with van der Waals surface area (Å²) in [4.78, 5) is 0. The van der Waals surface area contributed by atoms with Crippen LogP contribution in [0.2, 0.25) is 0 Å². The van der Waals surface area contributed by atoms with E-state index < -0.39 is 5.82 Å². The molecule has 0 heterocycles. The van der Waals surface area contributed by atoms with E-state index in [4.69, 9.17) is 9.47 Å². The summed E-state index contributed by atoms with van der Waals surface area (Å²) in [6, 6.07) is 14.6. The molecule has 0 radical (unpaired) electrons. The van der Waals surface area contributed by atoms with E-state index in [1.807, 2.05) is 0 Å². The SMILES string of the molecule is COc1c(-c2ccccc2F)ccc(-c2ccc(Br)cc2F)c1OC. The number of benzene rings is 3. The summed E-state index contributed by atoms with van der Waals surface area (Å²) in [6.45, 7) is 0. The van der Waals surface area contributed by atoms with Crippen LogP contribution in [0.3, 0.4) is 0 Å². The molecular weight excluding hydrogens is 390 g/mol. The van der Waals surface area contributed by atoms with Crippen LogP contribution in [0.25, 0.3) is 22.3 Å². The largest absolute Gasteiger partial charge is 0.492 e. The summed E-state index contributed by atoms with van der Waals surface area (Å²) < 4.78 is 40.2. The van der Waals surface area contributed by atoms with E-state index in [1.165, 1.54) is 26.4 Å². The van der Waals surface area contributed by atoms with Crippen molar-refractivity contribution in [2.75, 3.05) is 14.2 Å². The highest BCUT2D eigenvalue weighted by Gasteiger charge is 2.20. The second-order valence-electron chi connectivity index (χ2n) is 5.33. The van der Waals surface area contributed by atoms with E-state index in [-0.39, 0.29) is 5.82 Å². The van der Waals surface area contributed by atoms with Gasteiger partial charge in [0.05, 0.1) is 14.2 Å². The fourth-order valence-electron chi connectivity index (χ4n) is 2.78. The molecule has 0 saturated heterocycles. The molecule has 0 atom stereocenters. The molecule has 0 amide bonds. The molecule has 0 spiro atoms. The highest BCUT2D eigenvalue weighted by Crippen LogP contribution is 2.45. The van der Waals surface area contributed by atoms with Crippen molar-refractivity contribution in [1.29, 1.82) is 0 Å². The first-order chi connectivity index (χ1) is 12.1. The molecule has 0 fully saturated rings. The van der Waals surface area contributed by atoms with E-state index in [0.717, 1.165) is 0 Å². The zero-order valence-electron chi connectivity index (χ0n) is 13.6. The first-order valence-electron chi connectivity index (χ1n) is 7.52. The predicted molar refractivity (Wildman–Crippen MR) is 98.0 cm³/mol. The van der Waals surface area contributed by atoms with Crippen LogP contribution in [0.15, 0.2) is 59.1 Å². The van der Waals surface area contributed by atoms with Crippen LogP contribution in [0.1, 0.15) is 0 Å². The third kappa shape index (κ3) is 3.24. The Morgan fingerprint density at radius 2 is 1.20 bits per heavy atom. The Balaban J connectivity index is 2.25. The molecular formula is C20H15BrF2O2. The van der Waals surface area contributed by atoms with Gasteiger partial charge in [-0.25, -0.2) is 8.78 Å². The molecule has 128 valence electrons. The Kier molecular flexibility index (Phi) is 5.04. The van der Waals surface area contributed by atoms with Gasteiger partial charge in [0, 0.05) is 26.7 Å². The van der Waals surface area contributed by atoms with Gasteiger partial charge in [-0.3, -0.25) is 0 Å². The normalized spacial score (nSPS) is 10.6. The number of hydrogen-bond donors (Lipinski definition) is 0. The van der Waals surface area contributed by atoms with E-state index >= 15 is 0 Å². The summed E-state index contributed by atoms with van der Waals surface area (Å²) in [7, 11) is 2.95. The lowest BCUT2D eigenvalue weighted by atomic mass is 9.97. The van der Waals surface area contributed by atoms with E-state index in [0.29, 0.717) is 38.2 Å². The van der Waals surface area contributed by atoms with E-state index in [9.17, 15) is 8.78 Å². The molecule has 0 aromatic heterocycles. The van der Waals surface area contributed by atoms with Gasteiger partial charge in [0.15, 0.2) is 11.5 Å². The van der Waals surface area contributed by atoms with Gasteiger partial charge in [-0.05, 0) is 30.3 Å². The molecule has 3 aromatic carbocycles. The molecule has 25 heavy (non-hydrogen) atoms. The molecule has 0 aliphatic carbocycles. The maximum absolute atomic E-state index is 14.4. The molecule has 3 rings (SSSR count). The topological polar surface area (TPSA) is 18.5 Å². The van der Waals surface area contributed by atoms with Crippen molar-refractivity contribution in [3.63, 3.8) is 0 Å². The van der Waals surface area contributed by atoms with Gasteiger partial charge in [0.25, 0.3) is 0 Å². The minimum Gasteiger partial charge on any atom is -0.492 e. The van der Waals surface area contributed by atoms with Crippen LogP contribution in [0.4, 0.5) is 8.78 Å². The van der Waals surface area contributed by atoms with Gasteiger partial charge in [-0.15, -0.1) is 0 Å². The zero-order chi connectivity index (χ0) is 18.0. The van der Waals surface area contributed by atoms with Crippen LogP contribution >= 0.6 is 15.9 Å². The first kappa shape index (κ1) is 17.4. The van der Waals surface area contributed by atoms with Crippen LogP contribution in [-0.2, 0) is 0 Å². The van der Waals surface area contributed by atoms with Gasteiger partial charge in [-0.2, -0.15) is 0 Å². The third-order valence-corrected chi connectivity index (χ3v) is 4.40. The Labute approximate surface area is 153 Å². The van der Waals surface area contributed by atoms with Gasteiger partial charge in [0.2, 0.25) is 0 Å². The smallest absolute Gasteiger partial charge is 0.169 e. The van der Waals surface area contributed by atoms with Gasteiger partial charge < -0.3 is 9.47 Å². The van der Waals surface area contributed by atoms with Crippen molar-refractivity contribution >= 4 is 15.9 Å². The van der Waals surface area contributed by atoms with Crippen molar-refractivity contribution < 1.29 is 18.3 Å². The van der Waals surface area contributed by atoms with Gasteiger partial charge in [0.1, 0.15) is 11.6 Å². The number of ether oxygens (including phenoxy) is 2. The summed E-state index contributed by atoms with van der Waals surface area (Å²) in [5, 5.41) is 0. The average Bonchev–Trinajstić information content (AvgIpc) is 2.61. The van der Waals surface area contributed by atoms with E-state index in [2.05, 4.69) is 15.9 Å². The first-order valence-corrected chi connectivity index (χ1v) is 8.31. The van der Waals surface area contributed by atoms with Crippen molar-refractivity contribution in [3.05, 3.63) is 70.7 Å². The summed E-state index contributed by atoms with van der Waals surface area (Å²) in [6.07, 6.45) is 0. The lowest BCUT2D eigenvalue weighted by Gasteiger charge is -2.17. The second-order valence-corrected chi connectivity index (χ2v) is 6.25. The fourth-order valence-corrected chi connectivity index (χ4v) is 3.11. The van der Waals surface area contributed by atoms with Crippen molar-refractivity contribution in [3.8, 4) is 33.8 Å². The quantitative estimate of drug-likeness (QED) is 0.524. The number of methoxy groups -OCH3 is 2. The minimum atomic E-state index is -0.395. The highest BCUT2D eigenvalue weighted by molar-refractivity contribution is 9.10. The lowest BCUT2D eigenvalue weighted by molar-refractivity contribution is 0.357. The van der Waals surface area contributed by atoms with Gasteiger partial charge in [-0.1, -0.05) is 40.2 Å². The lowest BCUT2D eigenvalue weighted by Crippen LogP contribution is -1.98. The second kappa shape index (κ2) is 7.23. The fraction of sp³-hybridized carbons (Fsp3) is 0.100. The predicted octanol–water partition coefficient (Wildman–Crippen LogP) is 6.08. The maximum atomic E-state index is 14.4.